The summed E-state index contributed by atoms with van der Waals surface area (Å²) >= 11 is 0. The van der Waals surface area contributed by atoms with Crippen LogP contribution in [0.3, 0.4) is 0 Å². The molecule has 5 N–H and O–H groups in total. The van der Waals surface area contributed by atoms with Crippen LogP contribution >= 0.6 is 7.82 Å². The van der Waals surface area contributed by atoms with Gasteiger partial charge in [0.2, 0.25) is 0 Å². The normalized spacial score (nSPS) is 14.4. The maximum absolute atomic E-state index is 13.6. The lowest BCUT2D eigenvalue weighted by molar-refractivity contribution is -0.139. The van der Waals surface area contributed by atoms with Crippen molar-refractivity contribution >= 4 is 13.9 Å². The van der Waals surface area contributed by atoms with E-state index in [0.717, 1.165) is 24.3 Å². The molecule has 0 saturated carbocycles. The van der Waals surface area contributed by atoms with Crippen LogP contribution in [-0.2, 0) is 21.7 Å². The molecule has 1 unspecified atom stereocenters. The molecule has 0 aliphatic carbocycles. The predicted octanol–water partition coefficient (Wildman–Crippen LogP) is 3.67. The van der Waals surface area contributed by atoms with Gasteiger partial charge in [0.15, 0.2) is 0 Å². The van der Waals surface area contributed by atoms with Crippen LogP contribution in [0.5, 0.6) is 5.75 Å². The number of phosphoric ester groups is 1. The number of rotatable bonds is 11. The standard InChI is InChI=1S/C21H24F4NO6P/c22-18-6-2-1-4-16(18)5-3-11-31-19-8-7-15(12-17(19)21(23,24)25)9-10-20(26,13-27)14-32-33(28,29)30/h1-2,4,6-10,12,27H,3,5,11,13-14,26H2,(H2,28,29,30). The third kappa shape index (κ3) is 8.88. The van der Waals surface area contributed by atoms with Crippen LogP contribution < -0.4 is 10.5 Å². The monoisotopic (exact) mass is 493 g/mol. The van der Waals surface area contributed by atoms with Crippen molar-refractivity contribution < 1.29 is 46.3 Å². The summed E-state index contributed by atoms with van der Waals surface area (Å²) < 4.78 is 74.6. The number of hydrogen-bond donors (Lipinski definition) is 4. The minimum absolute atomic E-state index is 0.0560. The molecule has 182 valence electrons. The van der Waals surface area contributed by atoms with E-state index in [2.05, 4.69) is 4.52 Å². The Morgan fingerprint density at radius 3 is 2.42 bits per heavy atom. The van der Waals surface area contributed by atoms with Gasteiger partial charge in [-0.2, -0.15) is 13.2 Å². The summed E-state index contributed by atoms with van der Waals surface area (Å²) in [6, 6.07) is 9.35. The molecule has 2 rings (SSSR count). The van der Waals surface area contributed by atoms with Crippen molar-refractivity contribution in [3.63, 3.8) is 0 Å². The van der Waals surface area contributed by atoms with Crippen molar-refractivity contribution in [2.45, 2.75) is 24.6 Å². The number of phosphoric acid groups is 1. The van der Waals surface area contributed by atoms with Gasteiger partial charge in [-0.3, -0.25) is 4.52 Å². The molecule has 0 spiro atoms. The van der Waals surface area contributed by atoms with Crippen molar-refractivity contribution in [3.05, 3.63) is 71.0 Å². The van der Waals surface area contributed by atoms with E-state index in [1.165, 1.54) is 12.1 Å². The molecule has 7 nitrogen and oxygen atoms in total. The molecule has 0 aliphatic rings. The van der Waals surface area contributed by atoms with Crippen molar-refractivity contribution in [1.29, 1.82) is 0 Å². The minimum Gasteiger partial charge on any atom is -0.493 e. The second kappa shape index (κ2) is 11.2. The summed E-state index contributed by atoms with van der Waals surface area (Å²) in [4.78, 5) is 17.5. The Hall–Kier alpha value is -2.27. The third-order valence-corrected chi connectivity index (χ3v) is 4.98. The van der Waals surface area contributed by atoms with E-state index in [1.807, 2.05) is 0 Å². The van der Waals surface area contributed by atoms with Crippen molar-refractivity contribution in [3.8, 4) is 5.75 Å². The summed E-state index contributed by atoms with van der Waals surface area (Å²) in [6.45, 7) is -1.61. The first kappa shape index (κ1) is 27.0. The Morgan fingerprint density at radius 1 is 1.12 bits per heavy atom. The summed E-state index contributed by atoms with van der Waals surface area (Å²) in [5, 5.41) is 9.38. The SMILES string of the molecule is NC(C=Cc1ccc(OCCCc2ccccc2F)c(C(F)(F)F)c1)(CO)COP(=O)(O)O. The number of aryl methyl sites for hydroxylation is 1. The molecule has 12 heteroatoms. The van der Waals surface area contributed by atoms with Gasteiger partial charge in [-0.05, 0) is 42.2 Å². The first-order chi connectivity index (χ1) is 15.3. The first-order valence-corrected chi connectivity index (χ1v) is 11.2. The van der Waals surface area contributed by atoms with Crippen LogP contribution in [0.2, 0.25) is 0 Å². The molecule has 1 atom stereocenters. The first-order valence-electron chi connectivity index (χ1n) is 9.69. The summed E-state index contributed by atoms with van der Waals surface area (Å²) in [6.07, 6.45) is -1.88. The van der Waals surface area contributed by atoms with Gasteiger partial charge >= 0.3 is 14.0 Å². The van der Waals surface area contributed by atoms with Crippen LogP contribution in [0.4, 0.5) is 17.6 Å². The number of nitrogens with two attached hydrogens (primary N) is 1. The average molecular weight is 493 g/mol. The zero-order valence-electron chi connectivity index (χ0n) is 17.3. The van der Waals surface area contributed by atoms with Crippen LogP contribution in [0.25, 0.3) is 6.08 Å². The number of halogens is 4. The lowest BCUT2D eigenvalue weighted by Gasteiger charge is -2.23. The lowest BCUT2D eigenvalue weighted by atomic mass is 10.0. The lowest BCUT2D eigenvalue weighted by Crippen LogP contribution is -2.45. The van der Waals surface area contributed by atoms with Gasteiger partial charge in [0.1, 0.15) is 11.6 Å². The molecule has 0 fully saturated rings. The van der Waals surface area contributed by atoms with Crippen LogP contribution in [-0.4, -0.2) is 40.3 Å². The van der Waals surface area contributed by atoms with Crippen molar-refractivity contribution in [2.75, 3.05) is 19.8 Å². The van der Waals surface area contributed by atoms with E-state index >= 15 is 0 Å². The van der Waals surface area contributed by atoms with E-state index in [4.69, 9.17) is 20.3 Å². The Morgan fingerprint density at radius 2 is 1.82 bits per heavy atom. The average Bonchev–Trinajstić information content (AvgIpc) is 2.74. The predicted molar refractivity (Wildman–Crippen MR) is 113 cm³/mol. The van der Waals surface area contributed by atoms with Gasteiger partial charge in [-0.25, -0.2) is 8.96 Å². The number of alkyl halides is 3. The largest absolute Gasteiger partial charge is 0.493 e. The van der Waals surface area contributed by atoms with E-state index in [-0.39, 0.29) is 12.2 Å². The zero-order valence-corrected chi connectivity index (χ0v) is 18.2. The molecule has 0 bridgehead atoms. The van der Waals surface area contributed by atoms with Gasteiger partial charge in [-0.1, -0.05) is 36.4 Å². The molecule has 2 aromatic carbocycles. The van der Waals surface area contributed by atoms with E-state index < -0.39 is 49.9 Å². The molecule has 0 amide bonds. The molecule has 0 aromatic heterocycles. The van der Waals surface area contributed by atoms with Crippen molar-refractivity contribution in [1.82, 2.24) is 0 Å². The fourth-order valence-electron chi connectivity index (χ4n) is 2.76. The molecule has 33 heavy (non-hydrogen) atoms. The van der Waals surface area contributed by atoms with Gasteiger partial charge in [0, 0.05) is 0 Å². The Bertz CT molecular complexity index is 1010. The molecule has 0 heterocycles. The van der Waals surface area contributed by atoms with Crippen LogP contribution in [0, 0.1) is 5.82 Å². The van der Waals surface area contributed by atoms with Crippen LogP contribution in [0.1, 0.15) is 23.1 Å². The van der Waals surface area contributed by atoms with E-state index in [1.54, 1.807) is 18.2 Å². The molecular formula is C21H24F4NO6P. The highest BCUT2D eigenvalue weighted by Crippen LogP contribution is 2.38. The fraction of sp³-hybridized carbons (Fsp3) is 0.333. The molecule has 0 radical (unpaired) electrons. The number of benzene rings is 2. The minimum atomic E-state index is -4.85. The molecular weight excluding hydrogens is 469 g/mol. The topological polar surface area (TPSA) is 122 Å². The maximum Gasteiger partial charge on any atom is 0.469 e. The van der Waals surface area contributed by atoms with Gasteiger partial charge < -0.3 is 25.4 Å². The number of aliphatic hydroxyl groups is 1. The number of ether oxygens (including phenoxy) is 1. The van der Waals surface area contributed by atoms with Crippen LogP contribution in [0.15, 0.2) is 48.5 Å². The Labute approximate surface area is 187 Å². The highest BCUT2D eigenvalue weighted by molar-refractivity contribution is 7.46. The third-order valence-electron chi connectivity index (χ3n) is 4.52. The van der Waals surface area contributed by atoms with E-state index in [0.29, 0.717) is 18.4 Å². The number of hydrogen-bond acceptors (Lipinski definition) is 5. The highest BCUT2D eigenvalue weighted by atomic mass is 31.2. The summed E-state index contributed by atoms with van der Waals surface area (Å²) in [5.41, 5.74) is 3.48. The summed E-state index contributed by atoms with van der Waals surface area (Å²) in [7, 11) is -4.85. The smallest absolute Gasteiger partial charge is 0.469 e. The van der Waals surface area contributed by atoms with Crippen molar-refractivity contribution in [2.24, 2.45) is 5.73 Å². The maximum atomic E-state index is 13.6. The summed E-state index contributed by atoms with van der Waals surface area (Å²) in [5.74, 6) is -0.797. The Balaban J connectivity index is 2.11. The molecule has 2 aromatic rings. The second-order valence-corrected chi connectivity index (χ2v) is 8.52. The Kier molecular flexibility index (Phi) is 9.19. The molecule has 0 aliphatic heterocycles. The van der Waals surface area contributed by atoms with E-state index in [9.17, 15) is 27.2 Å². The second-order valence-electron chi connectivity index (χ2n) is 7.29. The highest BCUT2D eigenvalue weighted by Gasteiger charge is 2.34. The number of aliphatic hydroxyl groups excluding tert-OH is 1. The quantitative estimate of drug-likeness (QED) is 0.214. The zero-order chi connectivity index (χ0) is 24.7. The van der Waals surface area contributed by atoms with Gasteiger partial charge in [-0.15, -0.1) is 0 Å². The van der Waals surface area contributed by atoms with Gasteiger partial charge in [0.05, 0.1) is 30.9 Å². The molecule has 0 saturated heterocycles. The fourth-order valence-corrected chi connectivity index (χ4v) is 3.17. The van der Waals surface area contributed by atoms with Gasteiger partial charge in [0.25, 0.3) is 0 Å².